The normalized spacial score (nSPS) is 30.4. The van der Waals surface area contributed by atoms with Crippen molar-refractivity contribution >= 4 is 10.0 Å². The van der Waals surface area contributed by atoms with Crippen LogP contribution in [0.1, 0.15) is 39.0 Å². The molecule has 1 aliphatic carbocycles. The largest absolute Gasteiger partial charge is 0.314 e. The quantitative estimate of drug-likeness (QED) is 0.789. The van der Waals surface area contributed by atoms with E-state index in [0.29, 0.717) is 6.54 Å². The minimum Gasteiger partial charge on any atom is -0.314 e. The summed E-state index contributed by atoms with van der Waals surface area (Å²) in [5, 5.41) is 3.12. The van der Waals surface area contributed by atoms with Crippen molar-refractivity contribution < 1.29 is 8.42 Å². The Morgan fingerprint density at radius 2 is 1.88 bits per heavy atom. The van der Waals surface area contributed by atoms with Gasteiger partial charge in [-0.05, 0) is 19.8 Å². The highest BCUT2D eigenvalue weighted by Crippen LogP contribution is 2.27. The molecular formula is C11H22N2O2S. The highest BCUT2D eigenvalue weighted by atomic mass is 32.2. The van der Waals surface area contributed by atoms with Gasteiger partial charge in [-0.2, -0.15) is 4.31 Å². The highest BCUT2D eigenvalue weighted by Gasteiger charge is 2.36. The van der Waals surface area contributed by atoms with Gasteiger partial charge >= 0.3 is 0 Å². The van der Waals surface area contributed by atoms with E-state index in [2.05, 4.69) is 5.32 Å². The number of nitrogens with zero attached hydrogens (tertiary/aromatic N) is 1. The number of hydrogen-bond donors (Lipinski definition) is 1. The van der Waals surface area contributed by atoms with Crippen molar-refractivity contribution in [3.8, 4) is 0 Å². The summed E-state index contributed by atoms with van der Waals surface area (Å²) in [5.41, 5.74) is 0. The topological polar surface area (TPSA) is 49.4 Å². The predicted octanol–water partition coefficient (Wildman–Crippen LogP) is 0.943. The van der Waals surface area contributed by atoms with Gasteiger partial charge in [-0.25, -0.2) is 8.42 Å². The molecule has 0 radical (unpaired) electrons. The van der Waals surface area contributed by atoms with Crippen LogP contribution in [0.5, 0.6) is 0 Å². The van der Waals surface area contributed by atoms with Crippen molar-refractivity contribution in [2.45, 2.75) is 50.3 Å². The number of hydrogen-bond acceptors (Lipinski definition) is 3. The molecule has 0 bridgehead atoms. The van der Waals surface area contributed by atoms with Crippen LogP contribution >= 0.6 is 0 Å². The Balaban J connectivity index is 2.10. The lowest BCUT2D eigenvalue weighted by molar-refractivity contribution is 0.277. The van der Waals surface area contributed by atoms with Gasteiger partial charge in [0.2, 0.25) is 10.0 Å². The first kappa shape index (κ1) is 12.3. The molecule has 1 heterocycles. The average Bonchev–Trinajstić information content (AvgIpc) is 2.30. The fourth-order valence-electron chi connectivity index (χ4n) is 2.75. The molecule has 1 aliphatic heterocycles. The van der Waals surface area contributed by atoms with Gasteiger partial charge in [0.15, 0.2) is 0 Å². The van der Waals surface area contributed by atoms with E-state index in [4.69, 9.17) is 0 Å². The number of rotatable bonds is 2. The molecule has 2 fully saturated rings. The Hall–Kier alpha value is -0.130. The second-order valence-corrected chi connectivity index (χ2v) is 7.13. The van der Waals surface area contributed by atoms with E-state index in [0.717, 1.165) is 38.8 Å². The lowest BCUT2D eigenvalue weighted by atomic mass is 10.0. The van der Waals surface area contributed by atoms with Gasteiger partial charge in [0, 0.05) is 25.7 Å². The van der Waals surface area contributed by atoms with Gasteiger partial charge < -0.3 is 5.32 Å². The molecule has 2 rings (SSSR count). The highest BCUT2D eigenvalue weighted by molar-refractivity contribution is 7.89. The zero-order chi connectivity index (χ0) is 11.6. The van der Waals surface area contributed by atoms with E-state index in [1.165, 1.54) is 6.42 Å². The van der Waals surface area contributed by atoms with Crippen molar-refractivity contribution in [2.75, 3.05) is 19.6 Å². The Labute approximate surface area is 98.4 Å². The fourth-order valence-corrected chi connectivity index (χ4v) is 4.99. The Bertz CT molecular complexity index is 323. The summed E-state index contributed by atoms with van der Waals surface area (Å²) < 4.78 is 26.6. The molecule has 2 aliphatic rings. The third kappa shape index (κ3) is 2.41. The zero-order valence-corrected chi connectivity index (χ0v) is 10.8. The van der Waals surface area contributed by atoms with E-state index >= 15 is 0 Å². The summed E-state index contributed by atoms with van der Waals surface area (Å²) >= 11 is 0. The van der Waals surface area contributed by atoms with Crippen LogP contribution in [-0.2, 0) is 10.0 Å². The van der Waals surface area contributed by atoms with E-state index in [1.54, 1.807) is 4.31 Å². The van der Waals surface area contributed by atoms with Crippen LogP contribution in [0.4, 0.5) is 0 Å². The number of nitrogens with one attached hydrogen (secondary N) is 1. The Morgan fingerprint density at radius 3 is 2.50 bits per heavy atom. The van der Waals surface area contributed by atoms with Gasteiger partial charge in [0.05, 0.1) is 5.25 Å². The van der Waals surface area contributed by atoms with E-state index in [-0.39, 0.29) is 11.3 Å². The lowest BCUT2D eigenvalue weighted by Crippen LogP contribution is -2.54. The average molecular weight is 246 g/mol. The molecule has 0 unspecified atom stereocenters. The third-order valence-corrected chi connectivity index (χ3v) is 6.25. The molecule has 0 aromatic carbocycles. The molecule has 4 nitrogen and oxygen atoms in total. The summed E-state index contributed by atoms with van der Waals surface area (Å²) in [4.78, 5) is 0. The predicted molar refractivity (Wildman–Crippen MR) is 64.8 cm³/mol. The van der Waals surface area contributed by atoms with Crippen LogP contribution in [0.25, 0.3) is 0 Å². The molecule has 0 spiro atoms. The maximum Gasteiger partial charge on any atom is 0.217 e. The summed E-state index contributed by atoms with van der Waals surface area (Å²) in [6.45, 7) is 4.20. The molecule has 1 N–H and O–H groups in total. The molecule has 5 heteroatoms. The molecular weight excluding hydrogens is 224 g/mol. The standard InChI is InChI=1S/C11H22N2O2S/c1-10-9-12-7-8-13(10)16(14,15)11-5-3-2-4-6-11/h10-12H,2-9H2,1H3/t10-/m0/s1. The van der Waals surface area contributed by atoms with Crippen molar-refractivity contribution in [3.05, 3.63) is 0 Å². The summed E-state index contributed by atoms with van der Waals surface area (Å²) in [6.07, 6.45) is 5.07. The molecule has 0 aromatic rings. The Kier molecular flexibility index (Phi) is 3.87. The summed E-state index contributed by atoms with van der Waals surface area (Å²) in [6, 6.07) is 0.112. The summed E-state index contributed by atoms with van der Waals surface area (Å²) in [7, 11) is -3.04. The van der Waals surface area contributed by atoms with Gasteiger partial charge in [-0.15, -0.1) is 0 Å². The van der Waals surface area contributed by atoms with Crippen molar-refractivity contribution in [2.24, 2.45) is 0 Å². The summed E-state index contributed by atoms with van der Waals surface area (Å²) in [5.74, 6) is 0. The molecule has 1 saturated heterocycles. The van der Waals surface area contributed by atoms with Gasteiger partial charge in [0.25, 0.3) is 0 Å². The van der Waals surface area contributed by atoms with Crippen molar-refractivity contribution in [1.29, 1.82) is 0 Å². The third-order valence-electron chi connectivity index (χ3n) is 3.74. The maximum absolute atomic E-state index is 12.4. The van der Waals surface area contributed by atoms with E-state index in [1.807, 2.05) is 6.92 Å². The number of piperazine rings is 1. The monoisotopic (exact) mass is 246 g/mol. The molecule has 0 amide bonds. The van der Waals surface area contributed by atoms with Gasteiger partial charge in [-0.3, -0.25) is 0 Å². The van der Waals surface area contributed by atoms with E-state index < -0.39 is 10.0 Å². The fraction of sp³-hybridized carbons (Fsp3) is 1.00. The minimum atomic E-state index is -3.04. The SMILES string of the molecule is C[C@H]1CNCCN1S(=O)(=O)C1CCCCC1. The first-order valence-corrected chi connectivity index (χ1v) is 7.84. The van der Waals surface area contributed by atoms with Crippen molar-refractivity contribution in [1.82, 2.24) is 9.62 Å². The van der Waals surface area contributed by atoms with Crippen LogP contribution < -0.4 is 5.32 Å². The smallest absolute Gasteiger partial charge is 0.217 e. The lowest BCUT2D eigenvalue weighted by Gasteiger charge is -2.36. The molecule has 1 saturated carbocycles. The van der Waals surface area contributed by atoms with Crippen LogP contribution in [0.2, 0.25) is 0 Å². The molecule has 16 heavy (non-hydrogen) atoms. The van der Waals surface area contributed by atoms with Crippen molar-refractivity contribution in [3.63, 3.8) is 0 Å². The molecule has 1 atom stereocenters. The first-order chi connectivity index (χ1) is 7.62. The molecule has 94 valence electrons. The maximum atomic E-state index is 12.4. The van der Waals surface area contributed by atoms with Crippen LogP contribution in [0.3, 0.4) is 0 Å². The Morgan fingerprint density at radius 1 is 1.19 bits per heavy atom. The minimum absolute atomic E-state index is 0.109. The number of sulfonamides is 1. The molecule has 0 aromatic heterocycles. The van der Waals surface area contributed by atoms with Crippen LogP contribution in [-0.4, -0.2) is 43.6 Å². The van der Waals surface area contributed by atoms with Crippen LogP contribution in [0, 0.1) is 0 Å². The zero-order valence-electron chi connectivity index (χ0n) is 9.98. The van der Waals surface area contributed by atoms with E-state index in [9.17, 15) is 8.42 Å². The van der Waals surface area contributed by atoms with Crippen LogP contribution in [0.15, 0.2) is 0 Å². The second kappa shape index (κ2) is 5.02. The van der Waals surface area contributed by atoms with Gasteiger partial charge in [0.1, 0.15) is 0 Å². The second-order valence-electron chi connectivity index (χ2n) is 4.97. The first-order valence-electron chi connectivity index (χ1n) is 6.34. The van der Waals surface area contributed by atoms with Gasteiger partial charge in [-0.1, -0.05) is 19.3 Å².